The molecule has 11 rings (SSSR count). The molecule has 1 N–H and O–H groups in total. The van der Waals surface area contributed by atoms with E-state index in [4.69, 9.17) is 4.99 Å². The molecule has 246 valence electrons. The summed E-state index contributed by atoms with van der Waals surface area (Å²) in [6, 6.07) is 48.5. The molecule has 0 saturated heterocycles. The molecule has 0 radical (unpaired) electrons. The van der Waals surface area contributed by atoms with Crippen molar-refractivity contribution in [1.29, 1.82) is 0 Å². The average molecular weight is 685 g/mol. The highest BCUT2D eigenvalue weighted by Gasteiger charge is 2.32. The van der Waals surface area contributed by atoms with Gasteiger partial charge in [-0.25, -0.2) is 4.99 Å². The average Bonchev–Trinajstić information content (AvgIpc) is 3.74. The van der Waals surface area contributed by atoms with Gasteiger partial charge in [0.2, 0.25) is 0 Å². The summed E-state index contributed by atoms with van der Waals surface area (Å²) in [7, 11) is 0. The molecule has 2 aliphatic rings. The highest BCUT2D eigenvalue weighted by atomic mass is 32.1. The summed E-state index contributed by atoms with van der Waals surface area (Å²) in [6.07, 6.45) is 10.4. The van der Waals surface area contributed by atoms with Crippen LogP contribution in [0.2, 0.25) is 0 Å². The molecule has 0 spiro atoms. The van der Waals surface area contributed by atoms with Crippen LogP contribution >= 0.6 is 11.3 Å². The van der Waals surface area contributed by atoms with Gasteiger partial charge in [0, 0.05) is 44.2 Å². The van der Waals surface area contributed by atoms with Gasteiger partial charge in [0.05, 0.1) is 22.4 Å². The van der Waals surface area contributed by atoms with Crippen LogP contribution in [-0.4, -0.2) is 15.3 Å². The van der Waals surface area contributed by atoms with E-state index in [0.29, 0.717) is 0 Å². The van der Waals surface area contributed by atoms with Gasteiger partial charge in [-0.05, 0) is 87.3 Å². The SMILES string of the molecule is C1=c2cc3c4ccc5ccccc5c4n(C4Nc5c(sc6cc(-c7ccccc7)c(-c7ccccc7)cc56)N=C4c4cccnc4)c3cc2=CCC1. The van der Waals surface area contributed by atoms with Gasteiger partial charge in [-0.1, -0.05) is 109 Å². The predicted octanol–water partition coefficient (Wildman–Crippen LogP) is 11.0. The van der Waals surface area contributed by atoms with Crippen LogP contribution in [0.4, 0.5) is 10.7 Å². The summed E-state index contributed by atoms with van der Waals surface area (Å²) in [5, 5.41) is 13.9. The highest BCUT2D eigenvalue weighted by molar-refractivity contribution is 7.23. The maximum Gasteiger partial charge on any atom is 0.148 e. The van der Waals surface area contributed by atoms with E-state index in [2.05, 4.69) is 154 Å². The van der Waals surface area contributed by atoms with Crippen LogP contribution in [0.1, 0.15) is 24.6 Å². The second-order valence-electron chi connectivity index (χ2n) is 13.7. The zero-order valence-corrected chi connectivity index (χ0v) is 29.1. The summed E-state index contributed by atoms with van der Waals surface area (Å²) in [6.45, 7) is 0. The van der Waals surface area contributed by atoms with Crippen molar-refractivity contribution in [1.82, 2.24) is 9.55 Å². The minimum atomic E-state index is -0.292. The van der Waals surface area contributed by atoms with Crippen molar-refractivity contribution in [3.63, 3.8) is 0 Å². The molecule has 0 saturated carbocycles. The second-order valence-corrected chi connectivity index (χ2v) is 14.8. The number of fused-ring (bicyclic) bond motifs is 9. The molecule has 0 fully saturated rings. The Morgan fingerprint density at radius 2 is 1.33 bits per heavy atom. The van der Waals surface area contributed by atoms with Crippen molar-refractivity contribution in [3.05, 3.63) is 162 Å². The van der Waals surface area contributed by atoms with Gasteiger partial charge in [-0.3, -0.25) is 4.98 Å². The molecule has 1 atom stereocenters. The van der Waals surface area contributed by atoms with Gasteiger partial charge in [-0.15, -0.1) is 11.3 Å². The molecule has 3 aromatic heterocycles. The van der Waals surface area contributed by atoms with Crippen LogP contribution in [0.3, 0.4) is 0 Å². The third-order valence-corrected chi connectivity index (χ3v) is 11.8. The maximum absolute atomic E-state index is 5.57. The fourth-order valence-electron chi connectivity index (χ4n) is 8.35. The number of benzene rings is 6. The van der Waals surface area contributed by atoms with Gasteiger partial charge >= 0.3 is 0 Å². The molecule has 4 heterocycles. The molecule has 1 aliphatic carbocycles. The molecule has 6 aromatic carbocycles. The highest BCUT2D eigenvalue weighted by Crippen LogP contribution is 2.50. The van der Waals surface area contributed by atoms with E-state index in [9.17, 15) is 0 Å². The lowest BCUT2D eigenvalue weighted by Crippen LogP contribution is -2.31. The second kappa shape index (κ2) is 11.6. The summed E-state index contributed by atoms with van der Waals surface area (Å²) in [4.78, 5) is 10.1. The minimum Gasteiger partial charge on any atom is -0.357 e. The summed E-state index contributed by atoms with van der Waals surface area (Å²) in [5.41, 5.74) is 10.3. The zero-order chi connectivity index (χ0) is 34.2. The number of aromatic nitrogens is 2. The third-order valence-electron chi connectivity index (χ3n) is 10.7. The number of nitrogens with one attached hydrogen (secondary N) is 1. The lowest BCUT2D eigenvalue weighted by Gasteiger charge is -2.29. The van der Waals surface area contributed by atoms with Gasteiger partial charge in [0.1, 0.15) is 11.2 Å². The molecular weight excluding hydrogens is 653 g/mol. The molecule has 1 aliphatic heterocycles. The lowest BCUT2D eigenvalue weighted by atomic mass is 9.93. The molecule has 52 heavy (non-hydrogen) atoms. The normalized spacial score (nSPS) is 15.2. The number of hydrogen-bond donors (Lipinski definition) is 1. The zero-order valence-electron chi connectivity index (χ0n) is 28.3. The van der Waals surface area contributed by atoms with Crippen LogP contribution in [0.15, 0.2) is 151 Å². The van der Waals surface area contributed by atoms with Gasteiger partial charge in [-0.2, -0.15) is 0 Å². The Morgan fingerprint density at radius 1 is 0.615 bits per heavy atom. The maximum atomic E-state index is 5.57. The first-order chi connectivity index (χ1) is 25.8. The Labute approximate surface area is 304 Å². The molecule has 5 heteroatoms. The van der Waals surface area contributed by atoms with Crippen molar-refractivity contribution < 1.29 is 0 Å². The molecular formula is C47H32N4S. The first-order valence-electron chi connectivity index (χ1n) is 17.9. The molecule has 0 bridgehead atoms. The smallest absolute Gasteiger partial charge is 0.148 e. The molecule has 4 nitrogen and oxygen atoms in total. The van der Waals surface area contributed by atoms with Crippen molar-refractivity contribution >= 4 is 82.6 Å². The van der Waals surface area contributed by atoms with Crippen molar-refractivity contribution in [2.45, 2.75) is 19.0 Å². The molecule has 0 amide bonds. The number of anilines is 1. The van der Waals surface area contributed by atoms with E-state index in [0.717, 1.165) is 34.8 Å². The van der Waals surface area contributed by atoms with E-state index >= 15 is 0 Å². The number of thiophene rings is 1. The summed E-state index contributed by atoms with van der Waals surface area (Å²) < 4.78 is 3.72. The topological polar surface area (TPSA) is 42.2 Å². The van der Waals surface area contributed by atoms with Crippen LogP contribution in [0.25, 0.3) is 77.1 Å². The quantitative estimate of drug-likeness (QED) is 0.200. The fourth-order valence-corrected chi connectivity index (χ4v) is 9.42. The Kier molecular flexibility index (Phi) is 6.58. The Balaban J connectivity index is 1.22. The van der Waals surface area contributed by atoms with Crippen molar-refractivity contribution in [2.75, 3.05) is 5.32 Å². The minimum absolute atomic E-state index is 0.292. The number of hydrogen-bond acceptors (Lipinski definition) is 4. The van der Waals surface area contributed by atoms with Gasteiger partial charge in [0.25, 0.3) is 0 Å². The Hall–Kier alpha value is -6.30. The van der Waals surface area contributed by atoms with E-state index < -0.39 is 0 Å². The van der Waals surface area contributed by atoms with Gasteiger partial charge < -0.3 is 9.88 Å². The molecule has 9 aromatic rings. The van der Waals surface area contributed by atoms with E-state index in [-0.39, 0.29) is 6.17 Å². The van der Waals surface area contributed by atoms with Crippen molar-refractivity contribution in [2.24, 2.45) is 4.99 Å². The number of aliphatic imine (C=N–C) groups is 1. The first-order valence-corrected chi connectivity index (χ1v) is 18.7. The standard InChI is InChI=1S/C47H32N4S/c1-3-12-29(13-4-1)37-26-40-42(27-38(37)30-14-5-2-6-15-30)52-47-44(40)49-46(43(50-47)34-19-11-23-48-28-34)51-41-25-33-18-8-7-17-32(33)24-39(41)36-22-21-31-16-9-10-20-35(31)45(36)51/h1-6,9-28,46,49H,7-8H2. The summed E-state index contributed by atoms with van der Waals surface area (Å²) >= 11 is 1.75. The van der Waals surface area contributed by atoms with Crippen LogP contribution in [-0.2, 0) is 0 Å². The van der Waals surface area contributed by atoms with E-state index in [1.165, 1.54) is 75.4 Å². The monoisotopic (exact) mass is 684 g/mol. The van der Waals surface area contributed by atoms with E-state index in [1.807, 2.05) is 18.5 Å². The van der Waals surface area contributed by atoms with Gasteiger partial charge in [0.15, 0.2) is 0 Å². The van der Waals surface area contributed by atoms with Crippen LogP contribution in [0.5, 0.6) is 0 Å². The summed E-state index contributed by atoms with van der Waals surface area (Å²) in [5.74, 6) is 0. The Bertz CT molecular complexity index is 3030. The molecule has 1 unspecified atom stereocenters. The largest absolute Gasteiger partial charge is 0.357 e. The number of nitrogens with zero attached hydrogens (tertiary/aromatic N) is 3. The lowest BCUT2D eigenvalue weighted by molar-refractivity contribution is 0.762. The number of rotatable bonds is 4. The van der Waals surface area contributed by atoms with Crippen LogP contribution in [0, 0.1) is 0 Å². The first kappa shape index (κ1) is 29.4. The fraction of sp³-hybridized carbons (Fsp3) is 0.0638. The van der Waals surface area contributed by atoms with E-state index in [1.54, 1.807) is 11.3 Å². The Morgan fingerprint density at radius 3 is 2.10 bits per heavy atom. The van der Waals surface area contributed by atoms with Crippen molar-refractivity contribution in [3.8, 4) is 22.3 Å². The van der Waals surface area contributed by atoms with Crippen LogP contribution < -0.4 is 15.8 Å². The predicted molar refractivity (Wildman–Crippen MR) is 220 cm³/mol. The number of pyridine rings is 1. The third kappa shape index (κ3) is 4.52.